The maximum Gasteiger partial charge on any atom is 0.257 e. The number of hydrogen-bond donors (Lipinski definition) is 3. The van der Waals surface area contributed by atoms with Gasteiger partial charge in [0.15, 0.2) is 5.03 Å². The molecule has 0 radical (unpaired) electrons. The highest BCUT2D eigenvalue weighted by molar-refractivity contribution is 7.89. The lowest BCUT2D eigenvalue weighted by molar-refractivity contribution is -0.117. The Balaban J connectivity index is 2.56. The van der Waals surface area contributed by atoms with Crippen molar-refractivity contribution in [3.05, 3.63) is 12.5 Å². The molecule has 1 rings (SSSR count). The Morgan fingerprint density at radius 1 is 1.64 bits per heavy atom. The van der Waals surface area contributed by atoms with Crippen LogP contribution in [0.1, 0.15) is 6.42 Å². The van der Waals surface area contributed by atoms with E-state index in [0.29, 0.717) is 0 Å². The Labute approximate surface area is 80.8 Å². The third-order valence-corrected chi connectivity index (χ3v) is 2.81. The van der Waals surface area contributed by atoms with Crippen LogP contribution < -0.4 is 10.5 Å². The lowest BCUT2D eigenvalue weighted by Gasteiger charge is -2.01. The number of imidazole rings is 1. The summed E-state index contributed by atoms with van der Waals surface area (Å²) in [5.41, 5.74) is 4.85. The number of carbonyl (C=O) groups excluding carboxylic acids is 1. The molecule has 0 aromatic carbocycles. The zero-order chi connectivity index (χ0) is 10.6. The van der Waals surface area contributed by atoms with Gasteiger partial charge >= 0.3 is 0 Å². The van der Waals surface area contributed by atoms with Crippen LogP contribution in [0.25, 0.3) is 0 Å². The number of carbonyl (C=O) groups is 1. The van der Waals surface area contributed by atoms with Crippen LogP contribution in [-0.2, 0) is 14.8 Å². The quantitative estimate of drug-likeness (QED) is 0.561. The molecular weight excluding hydrogens is 208 g/mol. The van der Waals surface area contributed by atoms with Crippen LogP contribution >= 0.6 is 0 Å². The number of nitrogens with two attached hydrogens (primary N) is 1. The van der Waals surface area contributed by atoms with Gasteiger partial charge in [-0.2, -0.15) is 0 Å². The van der Waals surface area contributed by atoms with E-state index < -0.39 is 15.9 Å². The lowest BCUT2D eigenvalue weighted by Crippen LogP contribution is -2.28. The van der Waals surface area contributed by atoms with Crippen LogP contribution in [0, 0.1) is 0 Å². The molecule has 0 aliphatic rings. The summed E-state index contributed by atoms with van der Waals surface area (Å²) in [6.07, 6.45) is 2.39. The van der Waals surface area contributed by atoms with Gasteiger partial charge in [0.05, 0.1) is 12.5 Å². The second kappa shape index (κ2) is 4.20. The number of amides is 1. The van der Waals surface area contributed by atoms with Crippen LogP contribution in [-0.4, -0.2) is 30.8 Å². The molecular formula is C6H10N4O3S. The van der Waals surface area contributed by atoms with E-state index in [1.165, 1.54) is 12.5 Å². The van der Waals surface area contributed by atoms with Crippen molar-refractivity contribution in [2.24, 2.45) is 5.73 Å². The molecule has 0 aliphatic heterocycles. The standard InChI is InChI=1S/C6H10N4O3S/c7-5(11)1-2-10-14(12,13)6-3-8-4-9-6/h3-4,10H,1-2H2,(H2,7,11)(H,8,9). The number of sulfonamides is 1. The van der Waals surface area contributed by atoms with Crippen LogP contribution in [0.4, 0.5) is 0 Å². The third kappa shape index (κ3) is 2.82. The molecule has 0 aliphatic carbocycles. The fourth-order valence-electron chi connectivity index (χ4n) is 0.776. The average Bonchev–Trinajstić information content (AvgIpc) is 2.54. The number of nitrogens with zero attached hydrogens (tertiary/aromatic N) is 1. The van der Waals surface area contributed by atoms with Gasteiger partial charge in [0.1, 0.15) is 0 Å². The van der Waals surface area contributed by atoms with E-state index in [2.05, 4.69) is 14.7 Å². The number of rotatable bonds is 5. The molecule has 1 aromatic heterocycles. The first-order valence-corrected chi connectivity index (χ1v) is 5.27. The highest BCUT2D eigenvalue weighted by Gasteiger charge is 2.14. The number of aromatic amines is 1. The molecule has 8 heteroatoms. The van der Waals surface area contributed by atoms with E-state index in [4.69, 9.17) is 5.73 Å². The summed E-state index contributed by atoms with van der Waals surface area (Å²) in [6.45, 7) is -0.0172. The Morgan fingerprint density at radius 2 is 2.36 bits per heavy atom. The van der Waals surface area contributed by atoms with Crippen LogP contribution in [0.15, 0.2) is 17.6 Å². The van der Waals surface area contributed by atoms with Gasteiger partial charge in [-0.1, -0.05) is 0 Å². The first-order valence-electron chi connectivity index (χ1n) is 3.79. The van der Waals surface area contributed by atoms with Crippen LogP contribution in [0.2, 0.25) is 0 Å². The summed E-state index contributed by atoms with van der Waals surface area (Å²) in [7, 11) is -3.59. The van der Waals surface area contributed by atoms with Gasteiger partial charge in [0.2, 0.25) is 5.91 Å². The predicted octanol–water partition coefficient (Wildman–Crippen LogP) is -1.44. The van der Waals surface area contributed by atoms with Crippen molar-refractivity contribution in [1.29, 1.82) is 0 Å². The summed E-state index contributed by atoms with van der Waals surface area (Å²) in [6, 6.07) is 0. The molecule has 4 N–H and O–H groups in total. The molecule has 0 bridgehead atoms. The summed E-state index contributed by atoms with van der Waals surface area (Å²) in [4.78, 5) is 16.3. The van der Waals surface area contributed by atoms with Crippen LogP contribution in [0.5, 0.6) is 0 Å². The van der Waals surface area contributed by atoms with Crippen molar-refractivity contribution >= 4 is 15.9 Å². The molecule has 0 saturated heterocycles. The van der Waals surface area contributed by atoms with E-state index in [-0.39, 0.29) is 18.0 Å². The number of nitrogens with one attached hydrogen (secondary N) is 2. The largest absolute Gasteiger partial charge is 0.370 e. The molecule has 0 saturated carbocycles. The van der Waals surface area contributed by atoms with Gasteiger partial charge in [0, 0.05) is 13.0 Å². The van der Waals surface area contributed by atoms with Crippen molar-refractivity contribution in [3.8, 4) is 0 Å². The molecule has 0 atom stereocenters. The first kappa shape index (κ1) is 10.7. The maximum atomic E-state index is 11.3. The Morgan fingerprint density at radius 3 is 2.86 bits per heavy atom. The van der Waals surface area contributed by atoms with Gasteiger partial charge in [0.25, 0.3) is 10.0 Å². The van der Waals surface area contributed by atoms with E-state index >= 15 is 0 Å². The van der Waals surface area contributed by atoms with Crippen molar-refractivity contribution in [2.45, 2.75) is 11.4 Å². The van der Waals surface area contributed by atoms with Crippen molar-refractivity contribution < 1.29 is 13.2 Å². The Bertz CT molecular complexity index is 397. The third-order valence-electron chi connectivity index (χ3n) is 1.43. The maximum absolute atomic E-state index is 11.3. The van der Waals surface area contributed by atoms with Crippen molar-refractivity contribution in [2.75, 3.05) is 6.54 Å². The molecule has 14 heavy (non-hydrogen) atoms. The van der Waals surface area contributed by atoms with Crippen molar-refractivity contribution in [1.82, 2.24) is 14.7 Å². The normalized spacial score (nSPS) is 11.4. The van der Waals surface area contributed by atoms with E-state index in [1.807, 2.05) is 0 Å². The van der Waals surface area contributed by atoms with E-state index in [0.717, 1.165) is 0 Å². The van der Waals surface area contributed by atoms with Gasteiger partial charge in [-0.15, -0.1) is 0 Å². The molecule has 1 aromatic rings. The number of hydrogen-bond acceptors (Lipinski definition) is 4. The molecule has 7 nitrogen and oxygen atoms in total. The van der Waals surface area contributed by atoms with Crippen LogP contribution in [0.3, 0.4) is 0 Å². The van der Waals surface area contributed by atoms with Gasteiger partial charge < -0.3 is 10.7 Å². The van der Waals surface area contributed by atoms with E-state index in [9.17, 15) is 13.2 Å². The number of aromatic nitrogens is 2. The smallest absolute Gasteiger partial charge is 0.257 e. The number of H-pyrrole nitrogens is 1. The molecule has 0 unspecified atom stereocenters. The summed E-state index contributed by atoms with van der Waals surface area (Å²) in [5.74, 6) is -0.558. The zero-order valence-electron chi connectivity index (χ0n) is 7.23. The van der Waals surface area contributed by atoms with Gasteiger partial charge in [-0.05, 0) is 0 Å². The van der Waals surface area contributed by atoms with Crippen molar-refractivity contribution in [3.63, 3.8) is 0 Å². The SMILES string of the molecule is NC(=O)CCNS(=O)(=O)c1cnc[nH]1. The second-order valence-corrected chi connectivity index (χ2v) is 4.27. The summed E-state index contributed by atoms with van der Waals surface area (Å²) in [5, 5.41) is -0.0398. The minimum atomic E-state index is -3.59. The monoisotopic (exact) mass is 218 g/mol. The minimum Gasteiger partial charge on any atom is -0.370 e. The predicted molar refractivity (Wildman–Crippen MR) is 47.6 cm³/mol. The fourth-order valence-corrected chi connectivity index (χ4v) is 1.71. The lowest BCUT2D eigenvalue weighted by atomic mass is 10.4. The highest BCUT2D eigenvalue weighted by Crippen LogP contribution is 2.00. The second-order valence-electron chi connectivity index (χ2n) is 2.53. The summed E-state index contributed by atoms with van der Waals surface area (Å²) >= 11 is 0. The molecule has 1 amide bonds. The Kier molecular flexibility index (Phi) is 3.20. The van der Waals surface area contributed by atoms with Gasteiger partial charge in [-0.3, -0.25) is 4.79 Å². The first-order chi connectivity index (χ1) is 6.52. The fraction of sp³-hybridized carbons (Fsp3) is 0.333. The molecule has 0 fully saturated rings. The topological polar surface area (TPSA) is 118 Å². The number of primary amides is 1. The average molecular weight is 218 g/mol. The summed E-state index contributed by atoms with van der Waals surface area (Å²) < 4.78 is 24.9. The Hall–Kier alpha value is -1.41. The molecule has 1 heterocycles. The van der Waals surface area contributed by atoms with Gasteiger partial charge in [-0.25, -0.2) is 18.1 Å². The zero-order valence-corrected chi connectivity index (χ0v) is 8.04. The minimum absolute atomic E-state index is 0.0172. The molecule has 0 spiro atoms. The van der Waals surface area contributed by atoms with E-state index in [1.54, 1.807) is 0 Å². The molecule has 78 valence electrons. The highest BCUT2D eigenvalue weighted by atomic mass is 32.2.